The van der Waals surface area contributed by atoms with Crippen LogP contribution in [0.15, 0.2) is 60.2 Å². The van der Waals surface area contributed by atoms with Gasteiger partial charge in [0.1, 0.15) is 12.4 Å². The molecule has 0 aliphatic carbocycles. The van der Waals surface area contributed by atoms with Gasteiger partial charge in [-0.1, -0.05) is 19.6 Å². The molecule has 0 atom stereocenters. The molecule has 0 radical (unpaired) electrons. The van der Waals surface area contributed by atoms with Gasteiger partial charge in [-0.3, -0.25) is 9.59 Å². The number of carbonyl (C=O) groups excluding carboxylic acids is 2. The first-order valence-corrected chi connectivity index (χ1v) is 9.95. The summed E-state index contributed by atoms with van der Waals surface area (Å²) in [5, 5.41) is 6.32. The van der Waals surface area contributed by atoms with Crippen molar-refractivity contribution in [3.05, 3.63) is 60.7 Å². The number of ether oxygens (including phenoxy) is 3. The van der Waals surface area contributed by atoms with Crippen LogP contribution in [0.4, 0.5) is 5.69 Å². The smallest absolute Gasteiger partial charge is 0.329 e. The summed E-state index contributed by atoms with van der Waals surface area (Å²) in [6.45, 7) is 8.93. The normalized spacial score (nSPS) is 10.4. The Labute approximate surface area is 181 Å². The van der Waals surface area contributed by atoms with Gasteiger partial charge in [0.15, 0.2) is 11.5 Å². The number of nitrogens with zero attached hydrogens (tertiary/aromatic N) is 1. The van der Waals surface area contributed by atoms with E-state index in [1.165, 1.54) is 6.21 Å². The summed E-state index contributed by atoms with van der Waals surface area (Å²) < 4.78 is 16.6. The lowest BCUT2D eigenvalue weighted by molar-refractivity contribution is -0.136. The Morgan fingerprint density at radius 3 is 2.45 bits per heavy atom. The highest BCUT2D eigenvalue weighted by Gasteiger charge is 2.13. The van der Waals surface area contributed by atoms with Gasteiger partial charge in [-0.25, -0.2) is 5.43 Å². The van der Waals surface area contributed by atoms with E-state index in [4.69, 9.17) is 14.2 Å². The second kappa shape index (κ2) is 12.7. The molecule has 0 aliphatic heterocycles. The average molecular weight is 425 g/mol. The van der Waals surface area contributed by atoms with Crippen LogP contribution in [-0.2, 0) is 9.59 Å². The standard InChI is InChI=1S/C23H27N3O5/c1-4-13-30-19-10-8-18(9-11-19)25-22(27)23(28)26-24-16-17-7-12-20(31-14-5-2)21(15-17)29-6-3/h4,7-12,15-16H,1,5-6,13-14H2,2-3H3,(H,25,27)(H,26,28)/b24-16-. The summed E-state index contributed by atoms with van der Waals surface area (Å²) >= 11 is 0. The third kappa shape index (κ3) is 7.85. The van der Waals surface area contributed by atoms with Crippen LogP contribution >= 0.6 is 0 Å². The fourth-order valence-electron chi connectivity index (χ4n) is 2.40. The number of anilines is 1. The Bertz CT molecular complexity index is 910. The van der Waals surface area contributed by atoms with Crippen LogP contribution in [0, 0.1) is 0 Å². The molecule has 0 spiro atoms. The van der Waals surface area contributed by atoms with Crippen LogP contribution in [0.3, 0.4) is 0 Å². The van der Waals surface area contributed by atoms with Crippen molar-refractivity contribution in [1.82, 2.24) is 5.43 Å². The zero-order valence-electron chi connectivity index (χ0n) is 17.7. The van der Waals surface area contributed by atoms with Crippen LogP contribution < -0.4 is 25.0 Å². The predicted octanol–water partition coefficient (Wildman–Crippen LogP) is 3.53. The molecule has 8 heteroatoms. The van der Waals surface area contributed by atoms with Gasteiger partial charge < -0.3 is 19.5 Å². The van der Waals surface area contributed by atoms with E-state index in [0.29, 0.717) is 48.3 Å². The Balaban J connectivity index is 1.91. The van der Waals surface area contributed by atoms with Gasteiger partial charge in [-0.05, 0) is 61.4 Å². The number of hydrazone groups is 1. The van der Waals surface area contributed by atoms with E-state index in [9.17, 15) is 9.59 Å². The minimum Gasteiger partial charge on any atom is -0.490 e. The molecule has 0 saturated carbocycles. The van der Waals surface area contributed by atoms with Crippen LogP contribution in [-0.4, -0.2) is 37.8 Å². The lowest BCUT2D eigenvalue weighted by Gasteiger charge is -2.11. The SMILES string of the molecule is C=CCOc1ccc(NC(=O)C(=O)N/N=C\c2ccc(OCCC)c(OCC)c2)cc1. The fraction of sp³-hybridized carbons (Fsp3) is 0.261. The van der Waals surface area contributed by atoms with E-state index in [0.717, 1.165) is 6.42 Å². The summed E-state index contributed by atoms with van der Waals surface area (Å²) in [6.07, 6.45) is 3.94. The third-order valence-corrected chi connectivity index (χ3v) is 3.80. The quantitative estimate of drug-likeness (QED) is 0.248. The Morgan fingerprint density at radius 1 is 1.00 bits per heavy atom. The van der Waals surface area contributed by atoms with Gasteiger partial charge in [0, 0.05) is 5.69 Å². The van der Waals surface area contributed by atoms with E-state index in [1.54, 1.807) is 48.5 Å². The molecular formula is C23H27N3O5. The molecule has 0 fully saturated rings. The molecule has 2 rings (SSSR count). The van der Waals surface area contributed by atoms with Crippen LogP contribution in [0.5, 0.6) is 17.2 Å². The Hall–Kier alpha value is -3.81. The first-order valence-electron chi connectivity index (χ1n) is 9.95. The molecule has 2 N–H and O–H groups in total. The summed E-state index contributed by atoms with van der Waals surface area (Å²) in [4.78, 5) is 24.0. The van der Waals surface area contributed by atoms with Gasteiger partial charge in [-0.15, -0.1) is 0 Å². The summed E-state index contributed by atoms with van der Waals surface area (Å²) in [6, 6.07) is 11.9. The predicted molar refractivity (Wildman–Crippen MR) is 120 cm³/mol. The molecule has 0 bridgehead atoms. The zero-order chi connectivity index (χ0) is 22.5. The number of hydrogen-bond acceptors (Lipinski definition) is 6. The zero-order valence-corrected chi connectivity index (χ0v) is 17.7. The topological polar surface area (TPSA) is 98.2 Å². The molecule has 164 valence electrons. The number of amides is 2. The molecule has 0 aliphatic rings. The van der Waals surface area contributed by atoms with Gasteiger partial charge in [0.05, 0.1) is 19.4 Å². The van der Waals surface area contributed by atoms with E-state index < -0.39 is 11.8 Å². The third-order valence-electron chi connectivity index (χ3n) is 3.80. The first kappa shape index (κ1) is 23.5. The lowest BCUT2D eigenvalue weighted by atomic mass is 10.2. The number of hydrogen-bond donors (Lipinski definition) is 2. The fourth-order valence-corrected chi connectivity index (χ4v) is 2.40. The van der Waals surface area contributed by atoms with Crippen molar-refractivity contribution in [2.45, 2.75) is 20.3 Å². The molecule has 2 amide bonds. The van der Waals surface area contributed by atoms with Crippen LogP contribution in [0.25, 0.3) is 0 Å². The van der Waals surface area contributed by atoms with E-state index in [2.05, 4.69) is 22.4 Å². The molecule has 0 heterocycles. The minimum atomic E-state index is -0.892. The van der Waals surface area contributed by atoms with E-state index in [-0.39, 0.29) is 0 Å². The summed E-state index contributed by atoms with van der Waals surface area (Å²) in [5.74, 6) is 0.130. The number of carbonyl (C=O) groups is 2. The Kier molecular flexibility index (Phi) is 9.61. The van der Waals surface area contributed by atoms with Crippen molar-refractivity contribution in [3.63, 3.8) is 0 Å². The molecule has 8 nitrogen and oxygen atoms in total. The number of benzene rings is 2. The Morgan fingerprint density at radius 2 is 1.77 bits per heavy atom. The largest absolute Gasteiger partial charge is 0.490 e. The minimum absolute atomic E-state index is 0.382. The van der Waals surface area contributed by atoms with Gasteiger partial charge in [0.25, 0.3) is 0 Å². The number of rotatable bonds is 11. The van der Waals surface area contributed by atoms with Crippen molar-refractivity contribution >= 4 is 23.7 Å². The summed E-state index contributed by atoms with van der Waals surface area (Å²) in [7, 11) is 0. The van der Waals surface area contributed by atoms with Crippen molar-refractivity contribution in [2.24, 2.45) is 5.10 Å². The van der Waals surface area contributed by atoms with Crippen molar-refractivity contribution in [2.75, 3.05) is 25.1 Å². The molecule has 2 aromatic carbocycles. The lowest BCUT2D eigenvalue weighted by Crippen LogP contribution is -2.32. The molecule has 0 aromatic heterocycles. The molecule has 2 aromatic rings. The first-order chi connectivity index (χ1) is 15.1. The van der Waals surface area contributed by atoms with E-state index >= 15 is 0 Å². The van der Waals surface area contributed by atoms with Crippen molar-refractivity contribution < 1.29 is 23.8 Å². The maximum Gasteiger partial charge on any atom is 0.329 e. The maximum absolute atomic E-state index is 12.0. The van der Waals surface area contributed by atoms with Crippen LogP contribution in [0.2, 0.25) is 0 Å². The highest BCUT2D eigenvalue weighted by Crippen LogP contribution is 2.28. The van der Waals surface area contributed by atoms with Gasteiger partial charge >= 0.3 is 11.8 Å². The number of nitrogens with one attached hydrogen (secondary N) is 2. The molecule has 31 heavy (non-hydrogen) atoms. The molecular weight excluding hydrogens is 398 g/mol. The van der Waals surface area contributed by atoms with Crippen LogP contribution in [0.1, 0.15) is 25.8 Å². The highest BCUT2D eigenvalue weighted by molar-refractivity contribution is 6.39. The average Bonchev–Trinajstić information content (AvgIpc) is 2.78. The molecule has 0 unspecified atom stereocenters. The summed E-state index contributed by atoms with van der Waals surface area (Å²) in [5.41, 5.74) is 3.34. The highest BCUT2D eigenvalue weighted by atomic mass is 16.5. The maximum atomic E-state index is 12.0. The van der Waals surface area contributed by atoms with Crippen molar-refractivity contribution in [1.29, 1.82) is 0 Å². The second-order valence-corrected chi connectivity index (χ2v) is 6.26. The molecule has 0 saturated heterocycles. The van der Waals surface area contributed by atoms with Crippen molar-refractivity contribution in [3.8, 4) is 17.2 Å². The van der Waals surface area contributed by atoms with Gasteiger partial charge in [0.2, 0.25) is 0 Å². The second-order valence-electron chi connectivity index (χ2n) is 6.26. The van der Waals surface area contributed by atoms with Gasteiger partial charge in [-0.2, -0.15) is 5.10 Å². The van der Waals surface area contributed by atoms with E-state index in [1.807, 2.05) is 13.8 Å². The monoisotopic (exact) mass is 425 g/mol.